The molecule has 2 aliphatic rings. The van der Waals surface area contributed by atoms with Gasteiger partial charge in [0.2, 0.25) is 0 Å². The molecule has 1 aliphatic carbocycles. The molecule has 3 aromatic rings. The number of nitrogens with zero attached hydrogens (tertiary/aromatic N) is 6. The number of benzene rings is 1. The molecule has 2 aromatic heterocycles. The minimum absolute atomic E-state index is 0.333. The summed E-state index contributed by atoms with van der Waals surface area (Å²) in [5.74, 6) is 3.71. The number of aromatic amines is 1. The Labute approximate surface area is 187 Å². The van der Waals surface area contributed by atoms with Crippen molar-refractivity contribution < 1.29 is 9.47 Å². The van der Waals surface area contributed by atoms with E-state index in [-0.39, 0.29) is 0 Å². The maximum atomic E-state index is 5.71. The van der Waals surface area contributed by atoms with Gasteiger partial charge in [-0.15, -0.1) is 10.2 Å². The van der Waals surface area contributed by atoms with Crippen molar-refractivity contribution in [1.29, 1.82) is 0 Å². The Morgan fingerprint density at radius 1 is 1.06 bits per heavy atom. The van der Waals surface area contributed by atoms with Crippen LogP contribution in [0.25, 0.3) is 11.3 Å². The Morgan fingerprint density at radius 2 is 1.88 bits per heavy atom. The van der Waals surface area contributed by atoms with Crippen molar-refractivity contribution in [2.24, 2.45) is 5.92 Å². The number of tetrazole rings is 1. The summed E-state index contributed by atoms with van der Waals surface area (Å²) in [6.07, 6.45) is 7.52. The quantitative estimate of drug-likeness (QED) is 0.512. The van der Waals surface area contributed by atoms with Gasteiger partial charge in [0.1, 0.15) is 18.1 Å². The molecule has 32 heavy (non-hydrogen) atoms. The second-order valence-electron chi connectivity index (χ2n) is 8.58. The maximum absolute atomic E-state index is 5.71. The molecule has 1 saturated heterocycles. The molecule has 2 fully saturated rings. The fourth-order valence-electron chi connectivity index (χ4n) is 4.20. The number of aromatic nitrogens is 6. The number of piperidine rings is 1. The SMILES string of the molecule is COCCOc1ccc(-c2ncc(CC3CC3)nc2N2CCC(c3nn[nH]n3)CC2)cc1. The van der Waals surface area contributed by atoms with E-state index in [1.165, 1.54) is 12.8 Å². The molecule has 168 valence electrons. The van der Waals surface area contributed by atoms with Crippen LogP contribution in [0.3, 0.4) is 0 Å². The van der Waals surface area contributed by atoms with E-state index in [4.69, 9.17) is 19.4 Å². The Balaban J connectivity index is 1.36. The molecular weight excluding hydrogens is 406 g/mol. The molecule has 9 nitrogen and oxygen atoms in total. The van der Waals surface area contributed by atoms with Gasteiger partial charge in [0.25, 0.3) is 0 Å². The van der Waals surface area contributed by atoms with E-state index in [0.717, 1.165) is 72.6 Å². The standard InChI is InChI=1S/C23H29N7O2/c1-31-12-13-32-20-6-4-17(5-7-20)21-23(25-19(15-24-21)14-16-2-3-16)30-10-8-18(9-11-30)22-26-28-29-27-22/h4-7,15-16,18H,2-3,8-14H2,1H3,(H,26,27,28,29). The van der Waals surface area contributed by atoms with Gasteiger partial charge in [0, 0.05) is 37.9 Å². The predicted octanol–water partition coefficient (Wildman–Crippen LogP) is 3.02. The number of nitrogens with one attached hydrogen (secondary N) is 1. The largest absolute Gasteiger partial charge is 0.491 e. The molecule has 5 rings (SSSR count). The van der Waals surface area contributed by atoms with Gasteiger partial charge in [-0.3, -0.25) is 4.98 Å². The number of rotatable bonds is 9. The van der Waals surface area contributed by atoms with E-state index >= 15 is 0 Å². The van der Waals surface area contributed by atoms with Crippen molar-refractivity contribution in [3.05, 3.63) is 42.0 Å². The summed E-state index contributed by atoms with van der Waals surface area (Å²) in [6.45, 7) is 2.89. The lowest BCUT2D eigenvalue weighted by Gasteiger charge is -2.32. The summed E-state index contributed by atoms with van der Waals surface area (Å²) in [5.41, 5.74) is 3.06. The minimum atomic E-state index is 0.333. The minimum Gasteiger partial charge on any atom is -0.491 e. The monoisotopic (exact) mass is 435 g/mol. The molecule has 0 bridgehead atoms. The molecule has 0 amide bonds. The first-order chi connectivity index (χ1) is 15.8. The maximum Gasteiger partial charge on any atom is 0.177 e. The van der Waals surface area contributed by atoms with Crippen LogP contribution in [0.1, 0.15) is 43.1 Å². The molecular formula is C23H29N7O2. The summed E-state index contributed by atoms with van der Waals surface area (Å²) in [7, 11) is 1.67. The fourth-order valence-corrected chi connectivity index (χ4v) is 4.20. The highest BCUT2D eigenvalue weighted by Gasteiger charge is 2.28. The first-order valence-electron chi connectivity index (χ1n) is 11.4. The van der Waals surface area contributed by atoms with E-state index in [1.54, 1.807) is 7.11 Å². The van der Waals surface area contributed by atoms with Crippen LogP contribution in [-0.4, -0.2) is 64.0 Å². The molecule has 0 atom stereocenters. The lowest BCUT2D eigenvalue weighted by molar-refractivity contribution is 0.146. The van der Waals surface area contributed by atoms with Crippen molar-refractivity contribution >= 4 is 5.82 Å². The Hall–Kier alpha value is -3.07. The topological polar surface area (TPSA) is 102 Å². The number of H-pyrrole nitrogens is 1. The van der Waals surface area contributed by atoms with Crippen molar-refractivity contribution in [3.63, 3.8) is 0 Å². The average molecular weight is 436 g/mol. The third-order valence-corrected chi connectivity index (χ3v) is 6.20. The van der Waals surface area contributed by atoms with Gasteiger partial charge in [-0.05, 0) is 62.3 Å². The Bertz CT molecular complexity index is 998. The highest BCUT2D eigenvalue weighted by molar-refractivity contribution is 5.72. The van der Waals surface area contributed by atoms with Crippen LogP contribution in [-0.2, 0) is 11.2 Å². The van der Waals surface area contributed by atoms with Crippen molar-refractivity contribution in [2.45, 2.75) is 38.0 Å². The molecule has 0 spiro atoms. The van der Waals surface area contributed by atoms with Gasteiger partial charge in [0.15, 0.2) is 11.6 Å². The van der Waals surface area contributed by atoms with Crippen LogP contribution < -0.4 is 9.64 Å². The van der Waals surface area contributed by atoms with Gasteiger partial charge in [-0.2, -0.15) is 5.21 Å². The molecule has 1 aromatic carbocycles. The van der Waals surface area contributed by atoms with Crippen LogP contribution in [0.15, 0.2) is 30.5 Å². The number of hydrogen-bond acceptors (Lipinski definition) is 8. The van der Waals surface area contributed by atoms with E-state index in [0.29, 0.717) is 19.1 Å². The summed E-state index contributed by atoms with van der Waals surface area (Å²) < 4.78 is 10.8. The molecule has 0 radical (unpaired) electrons. The average Bonchev–Trinajstić information content (AvgIpc) is 3.48. The lowest BCUT2D eigenvalue weighted by Crippen LogP contribution is -2.34. The first kappa shape index (κ1) is 20.8. The number of ether oxygens (including phenoxy) is 2. The zero-order valence-electron chi connectivity index (χ0n) is 18.4. The summed E-state index contributed by atoms with van der Waals surface area (Å²) in [6, 6.07) is 8.08. The molecule has 1 aliphatic heterocycles. The summed E-state index contributed by atoms with van der Waals surface area (Å²) >= 11 is 0. The second-order valence-corrected chi connectivity index (χ2v) is 8.58. The van der Waals surface area contributed by atoms with Crippen LogP contribution >= 0.6 is 0 Å². The zero-order chi connectivity index (χ0) is 21.8. The lowest BCUT2D eigenvalue weighted by atomic mass is 9.96. The number of methoxy groups -OCH3 is 1. The fraction of sp³-hybridized carbons (Fsp3) is 0.522. The smallest absolute Gasteiger partial charge is 0.177 e. The van der Waals surface area contributed by atoms with E-state index in [2.05, 4.69) is 37.7 Å². The second kappa shape index (κ2) is 9.60. The molecule has 1 N–H and O–H groups in total. The van der Waals surface area contributed by atoms with Crippen LogP contribution in [0.5, 0.6) is 5.75 Å². The first-order valence-corrected chi connectivity index (χ1v) is 11.4. The highest BCUT2D eigenvalue weighted by atomic mass is 16.5. The zero-order valence-corrected chi connectivity index (χ0v) is 18.4. The number of anilines is 1. The van der Waals surface area contributed by atoms with Gasteiger partial charge in [0.05, 0.1) is 12.3 Å². The molecule has 9 heteroatoms. The molecule has 0 unspecified atom stereocenters. The van der Waals surface area contributed by atoms with E-state index in [1.807, 2.05) is 18.3 Å². The van der Waals surface area contributed by atoms with Crippen molar-refractivity contribution in [3.8, 4) is 17.0 Å². The Kier molecular flexibility index (Phi) is 6.24. The van der Waals surface area contributed by atoms with Crippen LogP contribution in [0, 0.1) is 5.92 Å². The van der Waals surface area contributed by atoms with Crippen molar-refractivity contribution in [1.82, 2.24) is 30.6 Å². The predicted molar refractivity (Wildman–Crippen MR) is 120 cm³/mol. The van der Waals surface area contributed by atoms with Gasteiger partial charge < -0.3 is 14.4 Å². The van der Waals surface area contributed by atoms with Gasteiger partial charge in [-0.25, -0.2) is 4.98 Å². The van der Waals surface area contributed by atoms with E-state index in [9.17, 15) is 0 Å². The molecule has 1 saturated carbocycles. The third kappa shape index (κ3) is 4.88. The van der Waals surface area contributed by atoms with E-state index < -0.39 is 0 Å². The van der Waals surface area contributed by atoms with Crippen molar-refractivity contribution in [2.75, 3.05) is 38.3 Å². The summed E-state index contributed by atoms with van der Waals surface area (Å²) in [4.78, 5) is 12.3. The number of hydrogen-bond donors (Lipinski definition) is 1. The van der Waals surface area contributed by atoms with Crippen LogP contribution in [0.4, 0.5) is 5.82 Å². The van der Waals surface area contributed by atoms with Gasteiger partial charge in [-0.1, -0.05) is 5.21 Å². The normalized spacial score (nSPS) is 17.0. The van der Waals surface area contributed by atoms with Crippen LogP contribution in [0.2, 0.25) is 0 Å². The highest BCUT2D eigenvalue weighted by Crippen LogP contribution is 2.36. The van der Waals surface area contributed by atoms with Gasteiger partial charge >= 0.3 is 0 Å². The third-order valence-electron chi connectivity index (χ3n) is 6.20. The molecule has 3 heterocycles. The Morgan fingerprint density at radius 3 is 2.56 bits per heavy atom. The summed E-state index contributed by atoms with van der Waals surface area (Å²) in [5, 5.41) is 14.6.